The molecule has 4 heteroatoms. The number of aliphatic imine (C=N–C) groups is 1. The van der Waals surface area contributed by atoms with Crippen LogP contribution in [-0.4, -0.2) is 39.3 Å². The summed E-state index contributed by atoms with van der Waals surface area (Å²) in [7, 11) is 1.86. The van der Waals surface area contributed by atoms with Crippen molar-refractivity contribution in [2.24, 2.45) is 10.4 Å². The summed E-state index contributed by atoms with van der Waals surface area (Å²) in [5.41, 5.74) is 2.01. The van der Waals surface area contributed by atoms with E-state index in [0.29, 0.717) is 5.41 Å². The van der Waals surface area contributed by atoms with Crippen molar-refractivity contribution >= 4 is 5.96 Å². The number of nitrogens with one attached hydrogen (secondary N) is 2. The van der Waals surface area contributed by atoms with Gasteiger partial charge in [-0.1, -0.05) is 31.4 Å². The molecule has 2 aliphatic rings. The predicted octanol–water partition coefficient (Wildman–Crippen LogP) is 2.86. The van der Waals surface area contributed by atoms with Crippen molar-refractivity contribution in [2.45, 2.75) is 51.9 Å². The first-order chi connectivity index (χ1) is 10.3. The van der Waals surface area contributed by atoms with Crippen LogP contribution in [0.4, 0.5) is 0 Å². The molecule has 0 aromatic carbocycles. The standard InChI is InChI=1S/C17H31N3O/c1-3-17(9-4-5-10-17)14-20-16(18-2)19-11-6-15-7-12-21-13-8-15/h7H,3-6,8-14H2,1-2H3,(H2,18,19,20). The minimum atomic E-state index is 0.501. The minimum Gasteiger partial charge on any atom is -0.377 e. The summed E-state index contributed by atoms with van der Waals surface area (Å²) in [6, 6.07) is 0. The number of guanidine groups is 1. The summed E-state index contributed by atoms with van der Waals surface area (Å²) in [5, 5.41) is 6.97. The molecule has 0 aromatic heterocycles. The SMILES string of the molecule is CCC1(CNC(=NC)NCCC2=CCOCC2)CCCC1. The van der Waals surface area contributed by atoms with Gasteiger partial charge in [-0.2, -0.15) is 0 Å². The van der Waals surface area contributed by atoms with Crippen molar-refractivity contribution in [2.75, 3.05) is 33.4 Å². The third-order valence-corrected chi connectivity index (χ3v) is 5.06. The third kappa shape index (κ3) is 5.03. The summed E-state index contributed by atoms with van der Waals surface area (Å²) in [6.07, 6.45) is 11.1. The number of hydrogen-bond donors (Lipinski definition) is 2. The van der Waals surface area contributed by atoms with E-state index in [0.717, 1.165) is 45.1 Å². The second-order valence-corrected chi connectivity index (χ2v) is 6.35. The molecule has 4 nitrogen and oxygen atoms in total. The monoisotopic (exact) mass is 293 g/mol. The van der Waals surface area contributed by atoms with Crippen LogP contribution >= 0.6 is 0 Å². The molecule has 0 unspecified atom stereocenters. The predicted molar refractivity (Wildman–Crippen MR) is 88.7 cm³/mol. The maximum atomic E-state index is 5.33. The van der Waals surface area contributed by atoms with E-state index >= 15 is 0 Å². The molecule has 2 rings (SSSR count). The zero-order valence-electron chi connectivity index (χ0n) is 13.7. The Morgan fingerprint density at radius 3 is 2.76 bits per heavy atom. The van der Waals surface area contributed by atoms with Crippen LogP contribution in [0.2, 0.25) is 0 Å². The third-order valence-electron chi connectivity index (χ3n) is 5.06. The Morgan fingerprint density at radius 1 is 1.33 bits per heavy atom. The molecule has 1 aliphatic carbocycles. The van der Waals surface area contributed by atoms with Crippen molar-refractivity contribution in [3.63, 3.8) is 0 Å². The van der Waals surface area contributed by atoms with Gasteiger partial charge in [-0.05, 0) is 37.5 Å². The summed E-state index contributed by atoms with van der Waals surface area (Å²) in [5.74, 6) is 0.947. The molecule has 0 radical (unpaired) electrons. The van der Waals surface area contributed by atoms with Gasteiger partial charge < -0.3 is 15.4 Å². The molecule has 0 aromatic rings. The molecule has 120 valence electrons. The van der Waals surface area contributed by atoms with Gasteiger partial charge in [-0.15, -0.1) is 0 Å². The second kappa shape index (κ2) is 8.42. The Bertz CT molecular complexity index is 370. The second-order valence-electron chi connectivity index (χ2n) is 6.35. The summed E-state index contributed by atoms with van der Waals surface area (Å²) in [6.45, 7) is 5.98. The van der Waals surface area contributed by atoms with Gasteiger partial charge in [0.05, 0.1) is 13.2 Å². The van der Waals surface area contributed by atoms with Crippen LogP contribution in [0.5, 0.6) is 0 Å². The van der Waals surface area contributed by atoms with Crippen LogP contribution in [0.25, 0.3) is 0 Å². The number of nitrogens with zero attached hydrogens (tertiary/aromatic N) is 1. The molecule has 21 heavy (non-hydrogen) atoms. The van der Waals surface area contributed by atoms with Gasteiger partial charge >= 0.3 is 0 Å². The molecule has 0 spiro atoms. The topological polar surface area (TPSA) is 45.7 Å². The molecule has 1 saturated carbocycles. The van der Waals surface area contributed by atoms with Crippen LogP contribution in [-0.2, 0) is 4.74 Å². The Balaban J connectivity index is 1.69. The molecule has 0 atom stereocenters. The Labute approximate surface area is 129 Å². The number of rotatable bonds is 6. The fourth-order valence-electron chi connectivity index (χ4n) is 3.41. The zero-order valence-corrected chi connectivity index (χ0v) is 13.7. The first-order valence-corrected chi connectivity index (χ1v) is 8.48. The van der Waals surface area contributed by atoms with Gasteiger partial charge in [0.1, 0.15) is 0 Å². The van der Waals surface area contributed by atoms with E-state index in [1.54, 1.807) is 0 Å². The molecule has 0 amide bonds. The van der Waals surface area contributed by atoms with Crippen LogP contribution in [0, 0.1) is 5.41 Å². The largest absolute Gasteiger partial charge is 0.377 e. The molecular formula is C17H31N3O. The van der Waals surface area contributed by atoms with Gasteiger partial charge in [-0.25, -0.2) is 0 Å². The lowest BCUT2D eigenvalue weighted by Crippen LogP contribution is -2.43. The lowest BCUT2D eigenvalue weighted by Gasteiger charge is -2.28. The van der Waals surface area contributed by atoms with E-state index in [1.807, 2.05) is 7.05 Å². The van der Waals surface area contributed by atoms with E-state index in [2.05, 4.69) is 28.6 Å². The molecule has 1 heterocycles. The molecule has 0 saturated heterocycles. The lowest BCUT2D eigenvalue weighted by atomic mass is 9.83. The van der Waals surface area contributed by atoms with E-state index < -0.39 is 0 Å². The van der Waals surface area contributed by atoms with E-state index in [1.165, 1.54) is 37.7 Å². The first kappa shape index (κ1) is 16.3. The van der Waals surface area contributed by atoms with Crippen LogP contribution in [0.1, 0.15) is 51.9 Å². The molecular weight excluding hydrogens is 262 g/mol. The summed E-state index contributed by atoms with van der Waals surface area (Å²) < 4.78 is 5.33. The first-order valence-electron chi connectivity index (χ1n) is 8.48. The average Bonchev–Trinajstić information content (AvgIpc) is 3.01. The van der Waals surface area contributed by atoms with Crippen LogP contribution < -0.4 is 10.6 Å². The fraction of sp³-hybridized carbons (Fsp3) is 0.824. The molecule has 1 fully saturated rings. The zero-order chi connectivity index (χ0) is 15.0. The van der Waals surface area contributed by atoms with E-state index in [-0.39, 0.29) is 0 Å². The minimum absolute atomic E-state index is 0.501. The van der Waals surface area contributed by atoms with Gasteiger partial charge in [-0.3, -0.25) is 4.99 Å². The number of hydrogen-bond acceptors (Lipinski definition) is 2. The Kier molecular flexibility index (Phi) is 6.55. The Morgan fingerprint density at radius 2 is 2.14 bits per heavy atom. The van der Waals surface area contributed by atoms with Crippen molar-refractivity contribution in [3.05, 3.63) is 11.6 Å². The molecule has 0 bridgehead atoms. The molecule has 2 N–H and O–H groups in total. The van der Waals surface area contributed by atoms with E-state index in [4.69, 9.17) is 4.74 Å². The van der Waals surface area contributed by atoms with Gasteiger partial charge in [0.2, 0.25) is 0 Å². The van der Waals surface area contributed by atoms with Crippen molar-refractivity contribution in [3.8, 4) is 0 Å². The smallest absolute Gasteiger partial charge is 0.191 e. The van der Waals surface area contributed by atoms with Crippen molar-refractivity contribution in [1.82, 2.24) is 10.6 Å². The van der Waals surface area contributed by atoms with Gasteiger partial charge in [0.15, 0.2) is 5.96 Å². The van der Waals surface area contributed by atoms with Crippen molar-refractivity contribution in [1.29, 1.82) is 0 Å². The normalized spacial score (nSPS) is 22.0. The average molecular weight is 293 g/mol. The van der Waals surface area contributed by atoms with Crippen molar-refractivity contribution < 1.29 is 4.74 Å². The highest BCUT2D eigenvalue weighted by Crippen LogP contribution is 2.40. The summed E-state index contributed by atoms with van der Waals surface area (Å²) in [4.78, 5) is 4.35. The maximum Gasteiger partial charge on any atom is 0.191 e. The highest BCUT2D eigenvalue weighted by Gasteiger charge is 2.31. The highest BCUT2D eigenvalue weighted by atomic mass is 16.5. The maximum absolute atomic E-state index is 5.33. The van der Waals surface area contributed by atoms with Crippen LogP contribution in [0.3, 0.4) is 0 Å². The molecule has 1 aliphatic heterocycles. The fourth-order valence-corrected chi connectivity index (χ4v) is 3.41. The highest BCUT2D eigenvalue weighted by molar-refractivity contribution is 5.79. The van der Waals surface area contributed by atoms with Gasteiger partial charge in [0, 0.05) is 20.1 Å². The Hall–Kier alpha value is -1.03. The lowest BCUT2D eigenvalue weighted by molar-refractivity contribution is 0.153. The van der Waals surface area contributed by atoms with E-state index in [9.17, 15) is 0 Å². The van der Waals surface area contributed by atoms with Crippen LogP contribution in [0.15, 0.2) is 16.6 Å². The quantitative estimate of drug-likeness (QED) is 0.450. The summed E-state index contributed by atoms with van der Waals surface area (Å²) >= 11 is 0. The number of ether oxygens (including phenoxy) is 1. The van der Waals surface area contributed by atoms with Gasteiger partial charge in [0.25, 0.3) is 0 Å².